The molecule has 1 aliphatic carbocycles. The highest BCUT2D eigenvalue weighted by atomic mass is 32.1. The fourth-order valence-electron chi connectivity index (χ4n) is 4.23. The Morgan fingerprint density at radius 2 is 1.92 bits per heavy atom. The zero-order chi connectivity index (χ0) is 25.7. The van der Waals surface area contributed by atoms with Gasteiger partial charge in [-0.1, -0.05) is 6.07 Å². The fraction of sp³-hybridized carbons (Fsp3) is 0.200. The Morgan fingerprint density at radius 3 is 2.67 bits per heavy atom. The lowest BCUT2D eigenvalue weighted by molar-refractivity contribution is -0.137. The van der Waals surface area contributed by atoms with Crippen molar-refractivity contribution in [2.24, 2.45) is 0 Å². The smallest absolute Gasteiger partial charge is 0.416 e. The summed E-state index contributed by atoms with van der Waals surface area (Å²) in [6.45, 7) is 1.83. The SMILES string of the molecule is Cc1cc(Nc2cc(C(F)(F)F)ccn2)nc(-c2cnc([C@@]3(O)CCc4ccc(C(=O)O)cc43)s2)c1. The average Bonchev–Trinajstić information content (AvgIpc) is 3.45. The van der Waals surface area contributed by atoms with Gasteiger partial charge in [0.25, 0.3) is 0 Å². The van der Waals surface area contributed by atoms with Gasteiger partial charge in [-0.25, -0.2) is 19.7 Å². The van der Waals surface area contributed by atoms with Crippen LogP contribution in [0.15, 0.2) is 54.9 Å². The molecule has 0 saturated heterocycles. The van der Waals surface area contributed by atoms with Gasteiger partial charge in [-0.2, -0.15) is 13.2 Å². The first-order valence-electron chi connectivity index (χ1n) is 10.9. The Balaban J connectivity index is 1.46. The van der Waals surface area contributed by atoms with Gasteiger partial charge in [-0.15, -0.1) is 11.3 Å². The van der Waals surface area contributed by atoms with Crippen molar-refractivity contribution in [1.82, 2.24) is 15.0 Å². The average molecular weight is 513 g/mol. The number of hydrogen-bond donors (Lipinski definition) is 3. The molecule has 0 aliphatic heterocycles. The Morgan fingerprint density at radius 1 is 1.11 bits per heavy atom. The summed E-state index contributed by atoms with van der Waals surface area (Å²) in [5.74, 6) is -0.765. The summed E-state index contributed by atoms with van der Waals surface area (Å²) in [6.07, 6.45) is -0.888. The number of rotatable bonds is 5. The van der Waals surface area contributed by atoms with E-state index in [0.717, 1.165) is 29.5 Å². The van der Waals surface area contributed by atoms with E-state index in [1.165, 1.54) is 23.5 Å². The largest absolute Gasteiger partial charge is 0.478 e. The van der Waals surface area contributed by atoms with Gasteiger partial charge < -0.3 is 15.5 Å². The molecule has 5 rings (SSSR count). The van der Waals surface area contributed by atoms with E-state index in [0.29, 0.717) is 39.8 Å². The summed E-state index contributed by atoms with van der Waals surface area (Å²) in [4.78, 5) is 25.0. The normalized spacial score (nSPS) is 17.1. The van der Waals surface area contributed by atoms with Crippen molar-refractivity contribution < 1.29 is 28.2 Å². The minimum Gasteiger partial charge on any atom is -0.478 e. The zero-order valence-corrected chi connectivity index (χ0v) is 19.6. The first-order valence-corrected chi connectivity index (χ1v) is 11.7. The maximum Gasteiger partial charge on any atom is 0.416 e. The summed E-state index contributed by atoms with van der Waals surface area (Å²) in [6, 6.07) is 10.0. The molecule has 4 aromatic rings. The second-order valence-corrected chi connectivity index (χ2v) is 9.57. The van der Waals surface area contributed by atoms with Gasteiger partial charge >= 0.3 is 12.1 Å². The maximum absolute atomic E-state index is 13.0. The fourth-order valence-corrected chi connectivity index (χ4v) is 5.24. The van der Waals surface area contributed by atoms with Crippen LogP contribution in [0.25, 0.3) is 10.6 Å². The topological polar surface area (TPSA) is 108 Å². The minimum absolute atomic E-state index is 0.00461. The second-order valence-electron chi connectivity index (χ2n) is 8.53. The Kier molecular flexibility index (Phi) is 5.76. The lowest BCUT2D eigenvalue weighted by Gasteiger charge is -2.21. The van der Waals surface area contributed by atoms with Gasteiger partial charge in [0.15, 0.2) is 0 Å². The van der Waals surface area contributed by atoms with Crippen molar-refractivity contribution in [2.75, 3.05) is 5.32 Å². The van der Waals surface area contributed by atoms with E-state index in [2.05, 4.69) is 20.3 Å². The highest BCUT2D eigenvalue weighted by molar-refractivity contribution is 7.15. The minimum atomic E-state index is -4.49. The Hall–Kier alpha value is -3.83. The number of nitrogens with zero attached hydrogens (tertiary/aromatic N) is 3. The van der Waals surface area contributed by atoms with Crippen LogP contribution in [0.4, 0.5) is 24.8 Å². The number of anilines is 2. The lowest BCUT2D eigenvalue weighted by atomic mass is 9.95. The number of hydrogen-bond acceptors (Lipinski definition) is 7. The summed E-state index contributed by atoms with van der Waals surface area (Å²) >= 11 is 1.23. The standard InChI is InChI=1S/C25H19F3N4O3S/c1-13-8-18(31-21(9-13)32-20-11-16(5-7-29-20)25(26,27)28)19-12-30-23(36-19)24(35)6-4-14-2-3-15(22(33)34)10-17(14)24/h2-3,5,7-12,35H,4,6H2,1H3,(H,33,34)(H,29,31,32)/t24-/m1/s1. The van der Waals surface area contributed by atoms with E-state index < -0.39 is 23.3 Å². The molecule has 1 atom stereocenters. The molecule has 3 N–H and O–H groups in total. The molecule has 0 saturated carbocycles. The van der Waals surface area contributed by atoms with Crippen LogP contribution in [0.3, 0.4) is 0 Å². The van der Waals surface area contributed by atoms with Crippen molar-refractivity contribution in [3.8, 4) is 10.6 Å². The predicted octanol–water partition coefficient (Wildman–Crippen LogP) is 5.55. The van der Waals surface area contributed by atoms with E-state index in [1.54, 1.807) is 24.4 Å². The van der Waals surface area contributed by atoms with Gasteiger partial charge in [0, 0.05) is 12.4 Å². The molecule has 1 aliphatic rings. The van der Waals surface area contributed by atoms with Gasteiger partial charge in [-0.05, 0) is 72.9 Å². The van der Waals surface area contributed by atoms with E-state index in [-0.39, 0.29) is 11.4 Å². The van der Waals surface area contributed by atoms with Crippen LogP contribution in [0.1, 0.15) is 44.0 Å². The molecule has 0 radical (unpaired) electrons. The highest BCUT2D eigenvalue weighted by Crippen LogP contribution is 2.45. The summed E-state index contributed by atoms with van der Waals surface area (Å²) in [5, 5.41) is 24.1. The molecule has 11 heteroatoms. The molecule has 0 spiro atoms. The van der Waals surface area contributed by atoms with Crippen molar-refractivity contribution in [1.29, 1.82) is 0 Å². The van der Waals surface area contributed by atoms with Crippen LogP contribution >= 0.6 is 11.3 Å². The molecule has 0 unspecified atom stereocenters. The number of aliphatic hydroxyl groups is 1. The molecular weight excluding hydrogens is 493 g/mol. The molecule has 36 heavy (non-hydrogen) atoms. The van der Waals surface area contributed by atoms with Crippen LogP contribution < -0.4 is 5.32 Å². The number of nitrogens with one attached hydrogen (secondary N) is 1. The van der Waals surface area contributed by atoms with E-state index in [4.69, 9.17) is 0 Å². The van der Waals surface area contributed by atoms with Crippen molar-refractivity contribution in [2.45, 2.75) is 31.5 Å². The number of carboxylic acid groups (broad SMARTS) is 1. The number of halogens is 3. The molecular formula is C25H19F3N4O3S. The molecule has 3 heterocycles. The number of pyridine rings is 2. The Bertz CT molecular complexity index is 1490. The van der Waals surface area contributed by atoms with Gasteiger partial charge in [0.2, 0.25) is 0 Å². The molecule has 7 nitrogen and oxygen atoms in total. The van der Waals surface area contributed by atoms with Crippen LogP contribution in [0, 0.1) is 6.92 Å². The first-order chi connectivity index (χ1) is 17.0. The van der Waals surface area contributed by atoms with Crippen molar-refractivity contribution >= 4 is 28.9 Å². The third kappa shape index (κ3) is 4.42. The van der Waals surface area contributed by atoms with Crippen molar-refractivity contribution in [3.05, 3.63) is 87.7 Å². The molecule has 1 aromatic carbocycles. The van der Waals surface area contributed by atoms with E-state index in [9.17, 15) is 28.2 Å². The molecule has 0 fully saturated rings. The number of thiazole rings is 1. The predicted molar refractivity (Wildman–Crippen MR) is 127 cm³/mol. The number of benzene rings is 1. The quantitative estimate of drug-likeness (QED) is 0.322. The maximum atomic E-state index is 13.0. The number of aryl methyl sites for hydroxylation is 2. The van der Waals surface area contributed by atoms with Crippen LogP contribution in [-0.2, 0) is 18.2 Å². The number of aromatic carboxylic acids is 1. The van der Waals surface area contributed by atoms with Crippen LogP contribution in [0.5, 0.6) is 0 Å². The van der Waals surface area contributed by atoms with Gasteiger partial charge in [0.1, 0.15) is 22.2 Å². The molecule has 3 aromatic heterocycles. The number of alkyl halides is 3. The number of aromatic nitrogens is 3. The third-order valence-corrected chi connectivity index (χ3v) is 7.15. The summed E-state index contributed by atoms with van der Waals surface area (Å²) in [5.41, 5.74) is 0.568. The van der Waals surface area contributed by atoms with E-state index >= 15 is 0 Å². The van der Waals surface area contributed by atoms with Crippen molar-refractivity contribution in [3.63, 3.8) is 0 Å². The number of carbonyl (C=O) groups is 1. The van der Waals surface area contributed by atoms with E-state index in [1.807, 2.05) is 6.92 Å². The van der Waals surface area contributed by atoms with Gasteiger partial charge in [-0.3, -0.25) is 0 Å². The number of carboxylic acids is 1. The second kappa shape index (κ2) is 8.68. The lowest BCUT2D eigenvalue weighted by Crippen LogP contribution is -2.24. The zero-order valence-electron chi connectivity index (χ0n) is 18.8. The molecule has 0 amide bonds. The Labute approximate surface area is 207 Å². The third-order valence-electron chi connectivity index (χ3n) is 5.98. The first kappa shape index (κ1) is 23.9. The summed E-state index contributed by atoms with van der Waals surface area (Å²) in [7, 11) is 0. The van der Waals surface area contributed by atoms with Crippen LogP contribution in [0.2, 0.25) is 0 Å². The molecule has 184 valence electrons. The monoisotopic (exact) mass is 512 g/mol. The summed E-state index contributed by atoms with van der Waals surface area (Å²) < 4.78 is 39.1. The highest BCUT2D eigenvalue weighted by Gasteiger charge is 2.41. The molecule has 0 bridgehead atoms. The number of fused-ring (bicyclic) bond motifs is 1. The van der Waals surface area contributed by atoms with Crippen LogP contribution in [-0.4, -0.2) is 31.1 Å². The van der Waals surface area contributed by atoms with Gasteiger partial charge in [0.05, 0.1) is 21.7 Å².